The molecule has 126 valence electrons. The number of hydrogen-bond acceptors (Lipinski definition) is 2. The Bertz CT molecular complexity index is 871. The smallest absolute Gasteiger partial charge is 0.244 e. The van der Waals surface area contributed by atoms with Crippen LogP contribution in [0, 0.1) is 5.82 Å². The van der Waals surface area contributed by atoms with E-state index in [2.05, 4.69) is 10.4 Å². The first-order valence-electron chi connectivity index (χ1n) is 8.02. The lowest BCUT2D eigenvalue weighted by Gasteiger charge is -2.03. The number of nitrogens with one attached hydrogen (secondary N) is 1. The summed E-state index contributed by atoms with van der Waals surface area (Å²) < 4.78 is 15.2. The van der Waals surface area contributed by atoms with Crippen LogP contribution in [0.1, 0.15) is 11.1 Å². The van der Waals surface area contributed by atoms with Gasteiger partial charge in [0, 0.05) is 24.4 Å². The fraction of sp³-hybridized carbons (Fsp3) is 0.100. The molecule has 2 aromatic carbocycles. The molecule has 5 heteroatoms. The summed E-state index contributed by atoms with van der Waals surface area (Å²) in [4.78, 5) is 11.8. The third kappa shape index (κ3) is 4.64. The standard InChI is InChI=1S/C20H18FN3O/c21-19-9-5-4-6-17(19)12-13-22-20(25)11-10-16-14-23-24(15-16)18-7-2-1-3-8-18/h1-11,14-15H,12-13H2,(H,22,25)/b11-10+. The van der Waals surface area contributed by atoms with Crippen molar-refractivity contribution < 1.29 is 9.18 Å². The van der Waals surface area contributed by atoms with Gasteiger partial charge in [0.2, 0.25) is 5.91 Å². The van der Waals surface area contributed by atoms with E-state index in [1.165, 1.54) is 12.1 Å². The molecule has 1 amide bonds. The Morgan fingerprint density at radius 3 is 2.68 bits per heavy atom. The highest BCUT2D eigenvalue weighted by molar-refractivity contribution is 5.91. The number of aromatic nitrogens is 2. The molecule has 0 saturated heterocycles. The minimum absolute atomic E-state index is 0.219. The van der Waals surface area contributed by atoms with Gasteiger partial charge in [-0.25, -0.2) is 9.07 Å². The molecule has 0 unspecified atom stereocenters. The lowest BCUT2D eigenvalue weighted by molar-refractivity contribution is -0.116. The van der Waals surface area contributed by atoms with E-state index in [9.17, 15) is 9.18 Å². The molecule has 0 aliphatic rings. The summed E-state index contributed by atoms with van der Waals surface area (Å²) in [5.41, 5.74) is 2.38. The number of nitrogens with zero attached hydrogens (tertiary/aromatic N) is 2. The van der Waals surface area contributed by atoms with Crippen molar-refractivity contribution in [2.24, 2.45) is 0 Å². The van der Waals surface area contributed by atoms with E-state index in [1.807, 2.05) is 36.5 Å². The van der Waals surface area contributed by atoms with Crippen LogP contribution in [-0.2, 0) is 11.2 Å². The molecule has 1 N–H and O–H groups in total. The maximum atomic E-state index is 13.5. The number of para-hydroxylation sites is 1. The maximum Gasteiger partial charge on any atom is 0.244 e. The van der Waals surface area contributed by atoms with Crippen LogP contribution in [0.3, 0.4) is 0 Å². The molecule has 0 aliphatic heterocycles. The summed E-state index contributed by atoms with van der Waals surface area (Å²) in [5, 5.41) is 7.02. The average Bonchev–Trinajstić information content (AvgIpc) is 3.11. The highest BCUT2D eigenvalue weighted by Gasteiger charge is 2.02. The predicted octanol–water partition coefficient (Wildman–Crippen LogP) is 3.38. The van der Waals surface area contributed by atoms with Crippen molar-refractivity contribution in [2.45, 2.75) is 6.42 Å². The van der Waals surface area contributed by atoms with Gasteiger partial charge in [-0.1, -0.05) is 36.4 Å². The normalized spacial score (nSPS) is 10.9. The maximum absolute atomic E-state index is 13.5. The van der Waals surface area contributed by atoms with E-state index in [0.29, 0.717) is 18.5 Å². The summed E-state index contributed by atoms with van der Waals surface area (Å²) in [6, 6.07) is 16.3. The van der Waals surface area contributed by atoms with E-state index >= 15 is 0 Å². The molecule has 3 rings (SSSR count). The lowest BCUT2D eigenvalue weighted by Crippen LogP contribution is -2.23. The van der Waals surface area contributed by atoms with Gasteiger partial charge in [0.05, 0.1) is 11.9 Å². The quantitative estimate of drug-likeness (QED) is 0.702. The van der Waals surface area contributed by atoms with Crippen molar-refractivity contribution in [3.05, 3.63) is 90.0 Å². The molecular weight excluding hydrogens is 317 g/mol. The third-order valence-corrected chi connectivity index (χ3v) is 3.70. The average molecular weight is 335 g/mol. The second kappa shape index (κ2) is 8.06. The number of rotatable bonds is 6. The van der Waals surface area contributed by atoms with Crippen LogP contribution >= 0.6 is 0 Å². The fourth-order valence-electron chi connectivity index (χ4n) is 2.40. The molecule has 0 aliphatic carbocycles. The number of benzene rings is 2. The van der Waals surface area contributed by atoms with Gasteiger partial charge >= 0.3 is 0 Å². The second-order valence-electron chi connectivity index (χ2n) is 5.52. The first-order valence-corrected chi connectivity index (χ1v) is 8.02. The summed E-state index contributed by atoms with van der Waals surface area (Å²) in [7, 11) is 0. The predicted molar refractivity (Wildman–Crippen MR) is 95.7 cm³/mol. The van der Waals surface area contributed by atoms with Gasteiger partial charge < -0.3 is 5.32 Å². The Morgan fingerprint density at radius 2 is 1.88 bits per heavy atom. The van der Waals surface area contributed by atoms with Crippen molar-refractivity contribution in [3.8, 4) is 5.69 Å². The zero-order valence-electron chi connectivity index (χ0n) is 13.6. The zero-order valence-corrected chi connectivity index (χ0v) is 13.6. The van der Waals surface area contributed by atoms with E-state index in [1.54, 1.807) is 35.2 Å². The van der Waals surface area contributed by atoms with Gasteiger partial charge in [-0.15, -0.1) is 0 Å². The summed E-state index contributed by atoms with van der Waals surface area (Å²) >= 11 is 0. The Morgan fingerprint density at radius 1 is 1.12 bits per heavy atom. The van der Waals surface area contributed by atoms with Crippen LogP contribution in [-0.4, -0.2) is 22.2 Å². The summed E-state index contributed by atoms with van der Waals surface area (Å²) in [6.45, 7) is 0.382. The topological polar surface area (TPSA) is 46.9 Å². The lowest BCUT2D eigenvalue weighted by atomic mass is 10.1. The number of halogens is 1. The monoisotopic (exact) mass is 335 g/mol. The van der Waals surface area contributed by atoms with Crippen LogP contribution in [0.25, 0.3) is 11.8 Å². The van der Waals surface area contributed by atoms with E-state index < -0.39 is 0 Å². The molecule has 3 aromatic rings. The van der Waals surface area contributed by atoms with Crippen molar-refractivity contribution in [2.75, 3.05) is 6.54 Å². The Labute approximate surface area is 145 Å². The minimum Gasteiger partial charge on any atom is -0.352 e. The second-order valence-corrected chi connectivity index (χ2v) is 5.52. The van der Waals surface area contributed by atoms with E-state index in [4.69, 9.17) is 0 Å². The zero-order chi connectivity index (χ0) is 17.5. The molecule has 0 fully saturated rings. The molecule has 0 bridgehead atoms. The van der Waals surface area contributed by atoms with Crippen LogP contribution in [0.4, 0.5) is 4.39 Å². The third-order valence-electron chi connectivity index (χ3n) is 3.70. The number of hydrogen-bond donors (Lipinski definition) is 1. The van der Waals surface area contributed by atoms with Crippen LogP contribution in [0.15, 0.2) is 73.1 Å². The van der Waals surface area contributed by atoms with E-state index in [0.717, 1.165) is 11.3 Å². The van der Waals surface area contributed by atoms with Crippen LogP contribution < -0.4 is 5.32 Å². The van der Waals surface area contributed by atoms with Crippen molar-refractivity contribution in [1.29, 1.82) is 0 Å². The van der Waals surface area contributed by atoms with Gasteiger partial charge in [-0.2, -0.15) is 5.10 Å². The SMILES string of the molecule is O=C(/C=C/c1cnn(-c2ccccc2)c1)NCCc1ccccc1F. The van der Waals surface area contributed by atoms with Gasteiger partial charge in [-0.3, -0.25) is 4.79 Å². The molecule has 0 spiro atoms. The molecule has 0 saturated carbocycles. The Hall–Kier alpha value is -3.21. The highest BCUT2D eigenvalue weighted by Crippen LogP contribution is 2.09. The molecule has 4 nitrogen and oxygen atoms in total. The van der Waals surface area contributed by atoms with Gasteiger partial charge in [0.25, 0.3) is 0 Å². The molecule has 1 aromatic heterocycles. The van der Waals surface area contributed by atoms with Gasteiger partial charge in [-0.05, 0) is 36.3 Å². The summed E-state index contributed by atoms with van der Waals surface area (Å²) in [5.74, 6) is -0.468. The highest BCUT2D eigenvalue weighted by atomic mass is 19.1. The Balaban J connectivity index is 1.51. The first-order chi connectivity index (χ1) is 12.2. The van der Waals surface area contributed by atoms with Crippen molar-refractivity contribution in [3.63, 3.8) is 0 Å². The number of carbonyl (C=O) groups is 1. The Kier molecular flexibility index (Phi) is 5.36. The molecule has 0 atom stereocenters. The number of amides is 1. The molecule has 25 heavy (non-hydrogen) atoms. The fourth-order valence-corrected chi connectivity index (χ4v) is 2.40. The van der Waals surface area contributed by atoms with E-state index in [-0.39, 0.29) is 11.7 Å². The first kappa shape index (κ1) is 16.6. The van der Waals surface area contributed by atoms with Crippen molar-refractivity contribution in [1.82, 2.24) is 15.1 Å². The van der Waals surface area contributed by atoms with Crippen LogP contribution in [0.2, 0.25) is 0 Å². The largest absolute Gasteiger partial charge is 0.352 e. The molecular formula is C20H18FN3O. The minimum atomic E-state index is -0.249. The molecule has 0 radical (unpaired) electrons. The van der Waals surface area contributed by atoms with Crippen molar-refractivity contribution >= 4 is 12.0 Å². The van der Waals surface area contributed by atoms with Crippen LogP contribution in [0.5, 0.6) is 0 Å². The van der Waals surface area contributed by atoms with Gasteiger partial charge in [0.1, 0.15) is 5.82 Å². The van der Waals surface area contributed by atoms with Gasteiger partial charge in [0.15, 0.2) is 0 Å². The summed E-state index contributed by atoms with van der Waals surface area (Å²) in [6.07, 6.45) is 7.14. The molecule has 1 heterocycles. The number of carbonyl (C=O) groups excluding carboxylic acids is 1.